The van der Waals surface area contributed by atoms with E-state index < -0.39 is 0 Å². The molecule has 1 aromatic rings. The predicted octanol–water partition coefficient (Wildman–Crippen LogP) is 4.94. The normalized spacial score (nSPS) is 14.8. The monoisotopic (exact) mass is 329 g/mol. The fourth-order valence-corrected chi connectivity index (χ4v) is 3.72. The Kier molecular flexibility index (Phi) is 7.35. The van der Waals surface area contributed by atoms with Crippen molar-refractivity contribution < 1.29 is 0 Å². The van der Waals surface area contributed by atoms with Crippen LogP contribution >= 0.6 is 27.7 Å². The summed E-state index contributed by atoms with van der Waals surface area (Å²) in [5.74, 6) is 2.49. The number of nitrogens with two attached hydrogens (primary N) is 1. The predicted molar refractivity (Wildman–Crippen MR) is 86.1 cm³/mol. The molecule has 0 heterocycles. The van der Waals surface area contributed by atoms with Gasteiger partial charge in [0.05, 0.1) is 0 Å². The van der Waals surface area contributed by atoms with Crippen LogP contribution in [0.4, 0.5) is 0 Å². The highest BCUT2D eigenvalue weighted by Gasteiger charge is 2.11. The molecule has 0 aromatic heterocycles. The van der Waals surface area contributed by atoms with Gasteiger partial charge in [0, 0.05) is 21.2 Å². The third kappa shape index (κ3) is 6.81. The van der Waals surface area contributed by atoms with Crippen molar-refractivity contribution in [2.45, 2.75) is 44.6 Å². The summed E-state index contributed by atoms with van der Waals surface area (Å²) in [7, 11) is 0. The maximum atomic E-state index is 6.20. The van der Waals surface area contributed by atoms with E-state index in [1.807, 2.05) is 11.8 Å². The molecule has 102 valence electrons. The summed E-state index contributed by atoms with van der Waals surface area (Å²) >= 11 is 5.34. The van der Waals surface area contributed by atoms with E-state index in [0.29, 0.717) is 6.04 Å². The Morgan fingerprint density at radius 3 is 2.56 bits per heavy atom. The molecule has 0 aliphatic heterocycles. The van der Waals surface area contributed by atoms with Gasteiger partial charge in [-0.2, -0.15) is 0 Å². The largest absolute Gasteiger partial charge is 0.327 e. The smallest absolute Gasteiger partial charge is 0.0186 e. The third-order valence-corrected chi connectivity index (χ3v) is 4.51. The van der Waals surface area contributed by atoms with Crippen LogP contribution in [0.2, 0.25) is 0 Å². The molecule has 0 aliphatic carbocycles. The lowest BCUT2D eigenvalue weighted by Crippen LogP contribution is -2.25. The van der Waals surface area contributed by atoms with E-state index in [0.717, 1.165) is 28.5 Å². The molecule has 1 aromatic carbocycles. The van der Waals surface area contributed by atoms with E-state index >= 15 is 0 Å². The van der Waals surface area contributed by atoms with Crippen LogP contribution in [-0.2, 0) is 0 Å². The summed E-state index contributed by atoms with van der Waals surface area (Å²) in [6.07, 6.45) is 2.40. The van der Waals surface area contributed by atoms with Gasteiger partial charge >= 0.3 is 0 Å². The molecule has 0 amide bonds. The van der Waals surface area contributed by atoms with Crippen molar-refractivity contribution in [3.63, 3.8) is 0 Å². The molecule has 2 atom stereocenters. The van der Waals surface area contributed by atoms with Gasteiger partial charge in [-0.25, -0.2) is 0 Å². The number of halogens is 1. The van der Waals surface area contributed by atoms with Crippen LogP contribution in [0.1, 0.15) is 33.6 Å². The molecule has 0 aliphatic rings. The topological polar surface area (TPSA) is 26.0 Å². The Hall–Kier alpha value is 0.01000. The van der Waals surface area contributed by atoms with Gasteiger partial charge in [0.1, 0.15) is 0 Å². The fraction of sp³-hybridized carbons (Fsp3) is 0.600. The molecular formula is C15H24BrNS. The van der Waals surface area contributed by atoms with Crippen LogP contribution in [0.3, 0.4) is 0 Å². The SMILES string of the molecule is CC(C)CC(C)CC(N)CSc1cccc(Br)c1. The molecule has 0 radical (unpaired) electrons. The van der Waals surface area contributed by atoms with Gasteiger partial charge in [-0.05, 0) is 42.9 Å². The molecule has 1 nitrogen and oxygen atoms in total. The van der Waals surface area contributed by atoms with Crippen molar-refractivity contribution in [2.24, 2.45) is 17.6 Å². The Morgan fingerprint density at radius 1 is 1.22 bits per heavy atom. The van der Waals surface area contributed by atoms with Crippen LogP contribution in [-0.4, -0.2) is 11.8 Å². The Morgan fingerprint density at radius 2 is 1.94 bits per heavy atom. The Labute approximate surface area is 124 Å². The van der Waals surface area contributed by atoms with E-state index in [2.05, 4.69) is 61.0 Å². The molecule has 0 bridgehead atoms. The summed E-state index contributed by atoms with van der Waals surface area (Å²) < 4.78 is 1.13. The minimum atomic E-state index is 0.294. The number of benzene rings is 1. The highest BCUT2D eigenvalue weighted by Crippen LogP contribution is 2.24. The molecule has 0 spiro atoms. The summed E-state index contributed by atoms with van der Waals surface area (Å²) in [6, 6.07) is 8.70. The van der Waals surface area contributed by atoms with Gasteiger partial charge in [-0.15, -0.1) is 11.8 Å². The number of hydrogen-bond donors (Lipinski definition) is 1. The van der Waals surface area contributed by atoms with Crippen molar-refractivity contribution in [3.8, 4) is 0 Å². The summed E-state index contributed by atoms with van der Waals surface area (Å²) in [5, 5.41) is 0. The minimum absolute atomic E-state index is 0.294. The molecule has 0 saturated heterocycles. The fourth-order valence-electron chi connectivity index (χ4n) is 2.25. The lowest BCUT2D eigenvalue weighted by Gasteiger charge is -2.18. The Balaban J connectivity index is 2.30. The average molecular weight is 330 g/mol. The maximum absolute atomic E-state index is 6.20. The van der Waals surface area contributed by atoms with Crippen molar-refractivity contribution >= 4 is 27.7 Å². The zero-order valence-electron chi connectivity index (χ0n) is 11.5. The van der Waals surface area contributed by atoms with Gasteiger partial charge in [-0.1, -0.05) is 42.8 Å². The lowest BCUT2D eigenvalue weighted by atomic mass is 9.93. The van der Waals surface area contributed by atoms with Crippen LogP contribution in [0.15, 0.2) is 33.6 Å². The van der Waals surface area contributed by atoms with Crippen molar-refractivity contribution in [1.29, 1.82) is 0 Å². The zero-order valence-corrected chi connectivity index (χ0v) is 13.9. The van der Waals surface area contributed by atoms with E-state index in [1.165, 1.54) is 11.3 Å². The van der Waals surface area contributed by atoms with Crippen LogP contribution < -0.4 is 5.73 Å². The molecular weight excluding hydrogens is 306 g/mol. The highest BCUT2D eigenvalue weighted by molar-refractivity contribution is 9.10. The van der Waals surface area contributed by atoms with E-state index in [9.17, 15) is 0 Å². The molecule has 2 N–H and O–H groups in total. The first kappa shape index (κ1) is 16.1. The quantitative estimate of drug-likeness (QED) is 0.717. The molecule has 1 rings (SSSR count). The van der Waals surface area contributed by atoms with Gasteiger partial charge in [-0.3, -0.25) is 0 Å². The first-order valence-corrected chi connectivity index (χ1v) is 8.39. The second kappa shape index (κ2) is 8.23. The average Bonchev–Trinajstić information content (AvgIpc) is 2.25. The van der Waals surface area contributed by atoms with E-state index in [1.54, 1.807) is 0 Å². The van der Waals surface area contributed by atoms with Crippen molar-refractivity contribution in [3.05, 3.63) is 28.7 Å². The maximum Gasteiger partial charge on any atom is 0.0186 e. The van der Waals surface area contributed by atoms with Crippen molar-refractivity contribution in [2.75, 3.05) is 5.75 Å². The molecule has 0 saturated carbocycles. The number of rotatable bonds is 7. The zero-order chi connectivity index (χ0) is 13.5. The highest BCUT2D eigenvalue weighted by atomic mass is 79.9. The van der Waals surface area contributed by atoms with E-state index in [4.69, 9.17) is 5.73 Å². The number of hydrogen-bond acceptors (Lipinski definition) is 2. The van der Waals surface area contributed by atoms with Crippen LogP contribution in [0.5, 0.6) is 0 Å². The first-order chi connectivity index (χ1) is 8.47. The lowest BCUT2D eigenvalue weighted by molar-refractivity contribution is 0.394. The van der Waals surface area contributed by atoms with E-state index in [-0.39, 0.29) is 0 Å². The second-order valence-electron chi connectivity index (χ2n) is 5.50. The molecule has 18 heavy (non-hydrogen) atoms. The third-order valence-electron chi connectivity index (χ3n) is 2.84. The molecule has 2 unspecified atom stereocenters. The summed E-state index contributed by atoms with van der Waals surface area (Å²) in [6.45, 7) is 6.86. The van der Waals surface area contributed by atoms with Gasteiger partial charge in [0.2, 0.25) is 0 Å². The van der Waals surface area contributed by atoms with Crippen molar-refractivity contribution in [1.82, 2.24) is 0 Å². The molecule has 3 heteroatoms. The first-order valence-electron chi connectivity index (χ1n) is 6.61. The Bertz CT molecular complexity index is 354. The van der Waals surface area contributed by atoms with Gasteiger partial charge in [0.15, 0.2) is 0 Å². The standard InChI is InChI=1S/C15H24BrNS/c1-11(2)7-12(3)8-14(17)10-18-15-6-4-5-13(16)9-15/h4-6,9,11-12,14H,7-8,10,17H2,1-3H3. The summed E-state index contributed by atoms with van der Waals surface area (Å²) in [5.41, 5.74) is 6.20. The summed E-state index contributed by atoms with van der Waals surface area (Å²) in [4.78, 5) is 1.29. The second-order valence-corrected chi connectivity index (χ2v) is 7.51. The van der Waals surface area contributed by atoms with Crippen LogP contribution in [0, 0.1) is 11.8 Å². The minimum Gasteiger partial charge on any atom is -0.327 e. The number of thioether (sulfide) groups is 1. The van der Waals surface area contributed by atoms with Crippen LogP contribution in [0.25, 0.3) is 0 Å². The molecule has 0 fully saturated rings. The van der Waals surface area contributed by atoms with Gasteiger partial charge in [0.25, 0.3) is 0 Å². The van der Waals surface area contributed by atoms with Gasteiger partial charge < -0.3 is 5.73 Å².